The fourth-order valence-corrected chi connectivity index (χ4v) is 8.51. The highest BCUT2D eigenvalue weighted by atomic mass is 32.2. The van der Waals surface area contributed by atoms with Crippen LogP contribution in [0.4, 0.5) is 18.0 Å². The number of halogens is 3. The van der Waals surface area contributed by atoms with E-state index in [0.29, 0.717) is 38.5 Å². The van der Waals surface area contributed by atoms with Crippen molar-refractivity contribution >= 4 is 39.7 Å². The van der Waals surface area contributed by atoms with Gasteiger partial charge in [0.2, 0.25) is 27.7 Å². The van der Waals surface area contributed by atoms with E-state index in [1.807, 2.05) is 22.9 Å². The molecule has 17 heteroatoms. The summed E-state index contributed by atoms with van der Waals surface area (Å²) in [5, 5.41) is 4.02. The standard InChI is InChI=1S/C33H40F3N5O8S/c1-2-21-14-32(21,30(45)39-50(47,48)23-11-12-23)38-28(43)26-13-22-17-41(26)29(44)25(15-33(34,35)36)37-27(42)10-5-3-4-7-19-8-6-9-20-16-40(18-24(19)20)31(46)49-22/h2,6,8-9,21-23,25-26H,1,3-5,7,10-18H2,(H,37,42)(H,38,43)(H,39,45)/t21-,22-,25+,26+,32-/m1/s1. The van der Waals surface area contributed by atoms with Crippen molar-refractivity contribution in [3.8, 4) is 0 Å². The van der Waals surface area contributed by atoms with Gasteiger partial charge in [-0.3, -0.25) is 28.8 Å². The topological polar surface area (TPSA) is 171 Å². The molecule has 1 aromatic rings. The monoisotopic (exact) mass is 723 g/mol. The van der Waals surface area contributed by atoms with Crippen LogP contribution in [0.2, 0.25) is 0 Å². The van der Waals surface area contributed by atoms with Gasteiger partial charge in [-0.25, -0.2) is 13.2 Å². The molecular weight excluding hydrogens is 683 g/mol. The Morgan fingerprint density at radius 2 is 1.80 bits per heavy atom. The van der Waals surface area contributed by atoms with Crippen molar-refractivity contribution < 1.29 is 50.3 Å². The van der Waals surface area contributed by atoms with Crippen LogP contribution in [-0.2, 0) is 53.4 Å². The SMILES string of the molecule is C=C[C@@H]1C[C@]1(NC(=O)[C@@H]1C[C@@H]2CN1C(=O)[C@H](CC(F)(F)F)NC(=O)CCCCCc1cccc3c1CN(C3)C(=O)O2)C(=O)NS(=O)(=O)C1CC1. The second-order valence-electron chi connectivity index (χ2n) is 13.8. The van der Waals surface area contributed by atoms with Crippen molar-refractivity contribution in [1.82, 2.24) is 25.2 Å². The van der Waals surface area contributed by atoms with E-state index in [0.717, 1.165) is 21.6 Å². The number of sulfonamides is 1. The quantitative estimate of drug-likeness (QED) is 0.360. The number of amides is 5. The smallest absolute Gasteiger partial charge is 0.410 e. The lowest BCUT2D eigenvalue weighted by Gasteiger charge is -2.30. The maximum absolute atomic E-state index is 13.9. The highest BCUT2D eigenvalue weighted by molar-refractivity contribution is 7.91. The van der Waals surface area contributed by atoms with Crippen LogP contribution >= 0.6 is 0 Å². The molecule has 0 radical (unpaired) electrons. The van der Waals surface area contributed by atoms with Gasteiger partial charge in [0.1, 0.15) is 23.7 Å². The number of rotatable bonds is 7. The van der Waals surface area contributed by atoms with Gasteiger partial charge < -0.3 is 20.3 Å². The Balaban J connectivity index is 1.27. The van der Waals surface area contributed by atoms with Crippen molar-refractivity contribution in [1.29, 1.82) is 0 Å². The van der Waals surface area contributed by atoms with Gasteiger partial charge >= 0.3 is 12.3 Å². The number of aryl methyl sites for hydroxylation is 1. The summed E-state index contributed by atoms with van der Waals surface area (Å²) in [6.45, 7) is 3.72. The van der Waals surface area contributed by atoms with Crippen molar-refractivity contribution in [2.75, 3.05) is 6.54 Å². The molecule has 4 bridgehead atoms. The molecule has 2 saturated carbocycles. The van der Waals surface area contributed by atoms with E-state index in [-0.39, 0.29) is 32.4 Å². The van der Waals surface area contributed by atoms with E-state index in [1.54, 1.807) is 0 Å². The molecule has 13 nitrogen and oxygen atoms in total. The van der Waals surface area contributed by atoms with Crippen LogP contribution < -0.4 is 15.4 Å². The molecular formula is C33H40F3N5O8S. The zero-order valence-electron chi connectivity index (χ0n) is 27.3. The van der Waals surface area contributed by atoms with Crippen LogP contribution in [0.15, 0.2) is 30.9 Å². The van der Waals surface area contributed by atoms with Gasteiger partial charge in [0.05, 0.1) is 18.2 Å². The third-order valence-corrected chi connectivity index (χ3v) is 11.9. The largest absolute Gasteiger partial charge is 0.444 e. The van der Waals surface area contributed by atoms with Crippen molar-refractivity contribution in [2.24, 2.45) is 5.92 Å². The Morgan fingerprint density at radius 1 is 1.08 bits per heavy atom. The van der Waals surface area contributed by atoms with Gasteiger partial charge in [-0.05, 0) is 55.2 Å². The molecule has 1 saturated heterocycles. The molecule has 272 valence electrons. The normalized spacial score (nSPS) is 29.0. The number of carbonyl (C=O) groups excluding carboxylic acids is 5. The zero-order chi connectivity index (χ0) is 36.0. The highest BCUT2D eigenvalue weighted by Crippen LogP contribution is 2.45. The lowest BCUT2D eigenvalue weighted by atomic mass is 9.98. The Bertz CT molecular complexity index is 1700. The summed E-state index contributed by atoms with van der Waals surface area (Å²) in [6.07, 6.45) is -4.39. The van der Waals surface area contributed by atoms with Crippen molar-refractivity contribution in [3.05, 3.63) is 47.5 Å². The Hall–Kier alpha value is -4.15. The first-order valence-electron chi connectivity index (χ1n) is 16.8. The van der Waals surface area contributed by atoms with Crippen LogP contribution in [0, 0.1) is 5.92 Å². The number of carbonyl (C=O) groups is 5. The molecule has 0 spiro atoms. The first kappa shape index (κ1) is 35.7. The number of alkyl halides is 3. The molecule has 6 rings (SSSR count). The van der Waals surface area contributed by atoms with E-state index in [1.165, 1.54) is 11.0 Å². The zero-order valence-corrected chi connectivity index (χ0v) is 28.1. The van der Waals surface area contributed by atoms with E-state index in [9.17, 15) is 45.6 Å². The summed E-state index contributed by atoms with van der Waals surface area (Å²) in [6, 6.07) is 2.18. The molecule has 5 amide bonds. The summed E-state index contributed by atoms with van der Waals surface area (Å²) in [5.74, 6) is -4.58. The molecule has 3 heterocycles. The molecule has 1 aromatic carbocycles. The lowest BCUT2D eigenvalue weighted by Crippen LogP contribution is -2.58. The molecule has 50 heavy (non-hydrogen) atoms. The number of benzene rings is 1. The van der Waals surface area contributed by atoms with Crippen molar-refractivity contribution in [3.63, 3.8) is 0 Å². The minimum Gasteiger partial charge on any atom is -0.444 e. The summed E-state index contributed by atoms with van der Waals surface area (Å²) in [5.41, 5.74) is 1.26. The molecule has 5 aliphatic rings. The van der Waals surface area contributed by atoms with Crippen LogP contribution in [-0.4, -0.2) is 89.6 Å². The van der Waals surface area contributed by atoms with E-state index in [4.69, 9.17) is 4.74 Å². The van der Waals surface area contributed by atoms with Gasteiger partial charge in [0.25, 0.3) is 5.91 Å². The molecule has 5 atom stereocenters. The summed E-state index contributed by atoms with van der Waals surface area (Å²) >= 11 is 0. The number of nitrogens with one attached hydrogen (secondary N) is 3. The fraction of sp³-hybridized carbons (Fsp3) is 0.606. The maximum Gasteiger partial charge on any atom is 0.410 e. The lowest BCUT2D eigenvalue weighted by molar-refractivity contribution is -0.157. The van der Waals surface area contributed by atoms with Crippen LogP contribution in [0.3, 0.4) is 0 Å². The minimum atomic E-state index is -4.87. The maximum atomic E-state index is 13.9. The second kappa shape index (κ2) is 13.5. The van der Waals surface area contributed by atoms with Gasteiger partial charge in [0, 0.05) is 31.8 Å². The third kappa shape index (κ3) is 7.61. The predicted octanol–water partition coefficient (Wildman–Crippen LogP) is 2.33. The van der Waals surface area contributed by atoms with E-state index >= 15 is 0 Å². The predicted molar refractivity (Wildman–Crippen MR) is 170 cm³/mol. The molecule has 0 aromatic heterocycles. The number of ether oxygens (including phenoxy) is 1. The number of hydrogen-bond acceptors (Lipinski definition) is 8. The average molecular weight is 724 g/mol. The molecule has 3 aliphatic heterocycles. The average Bonchev–Trinajstić information content (AvgIpc) is 3.93. The summed E-state index contributed by atoms with van der Waals surface area (Å²) in [4.78, 5) is 69.6. The van der Waals surface area contributed by atoms with Gasteiger partial charge in [-0.1, -0.05) is 30.7 Å². The van der Waals surface area contributed by atoms with Crippen molar-refractivity contribution in [2.45, 2.75) is 112 Å². The molecule has 3 fully saturated rings. The van der Waals surface area contributed by atoms with Crippen LogP contribution in [0.5, 0.6) is 0 Å². The molecule has 3 N–H and O–H groups in total. The van der Waals surface area contributed by atoms with Gasteiger partial charge in [-0.15, -0.1) is 6.58 Å². The number of nitrogens with zero attached hydrogens (tertiary/aromatic N) is 2. The summed E-state index contributed by atoms with van der Waals surface area (Å²) < 4.78 is 74.1. The first-order valence-corrected chi connectivity index (χ1v) is 18.4. The summed E-state index contributed by atoms with van der Waals surface area (Å²) in [7, 11) is -3.99. The van der Waals surface area contributed by atoms with E-state index in [2.05, 4.69) is 17.2 Å². The van der Waals surface area contributed by atoms with Crippen LogP contribution in [0.25, 0.3) is 0 Å². The highest BCUT2D eigenvalue weighted by Gasteiger charge is 2.62. The van der Waals surface area contributed by atoms with Crippen LogP contribution in [0.1, 0.15) is 74.5 Å². The third-order valence-electron chi connectivity index (χ3n) is 10.1. The number of hydrogen-bond donors (Lipinski definition) is 3. The minimum absolute atomic E-state index is 0.00238. The van der Waals surface area contributed by atoms with Gasteiger partial charge in [-0.2, -0.15) is 13.2 Å². The Kier molecular flexibility index (Phi) is 9.65. The number of fused-ring (bicyclic) bond motifs is 3. The fourth-order valence-electron chi connectivity index (χ4n) is 7.14. The second-order valence-corrected chi connectivity index (χ2v) is 15.8. The van der Waals surface area contributed by atoms with E-state index < -0.39 is 93.8 Å². The molecule has 2 aliphatic carbocycles. The van der Waals surface area contributed by atoms with Gasteiger partial charge in [0.15, 0.2) is 0 Å². The first-order chi connectivity index (χ1) is 23.6. The Morgan fingerprint density at radius 3 is 2.48 bits per heavy atom. The Labute approximate surface area is 287 Å². The molecule has 0 unspecified atom stereocenters.